The van der Waals surface area contributed by atoms with Crippen LogP contribution in [0.15, 0.2) is 36.7 Å². The topological polar surface area (TPSA) is 92.9 Å². The van der Waals surface area contributed by atoms with Crippen LogP contribution in [0, 0.1) is 6.92 Å². The first-order valence-electron chi connectivity index (χ1n) is 6.72. The Morgan fingerprint density at radius 2 is 1.95 bits per heavy atom. The molecule has 0 saturated carbocycles. The molecule has 110 valence electrons. The van der Waals surface area contributed by atoms with Crippen LogP contribution in [0.5, 0.6) is 0 Å². The zero-order valence-corrected chi connectivity index (χ0v) is 12.1. The van der Waals surface area contributed by atoms with E-state index in [0.717, 1.165) is 11.3 Å². The summed E-state index contributed by atoms with van der Waals surface area (Å²) >= 11 is 0. The molecule has 0 radical (unpaired) electrons. The van der Waals surface area contributed by atoms with Crippen molar-refractivity contribution < 1.29 is 4.79 Å². The molecule has 1 aromatic carbocycles. The van der Waals surface area contributed by atoms with Gasteiger partial charge in [0.05, 0.1) is 24.1 Å². The number of nitrogens with one attached hydrogen (secondary N) is 2. The van der Waals surface area contributed by atoms with E-state index in [1.807, 2.05) is 38.1 Å². The van der Waals surface area contributed by atoms with Crippen LogP contribution in [-0.4, -0.2) is 16.0 Å². The molecule has 2 amide bonds. The van der Waals surface area contributed by atoms with Crippen LogP contribution in [0.25, 0.3) is 0 Å². The predicted octanol–water partition coefficient (Wildman–Crippen LogP) is 2.13. The van der Waals surface area contributed by atoms with Crippen molar-refractivity contribution in [3.63, 3.8) is 0 Å². The van der Waals surface area contributed by atoms with Gasteiger partial charge in [-0.2, -0.15) is 0 Å². The van der Waals surface area contributed by atoms with Gasteiger partial charge in [-0.15, -0.1) is 0 Å². The zero-order valence-electron chi connectivity index (χ0n) is 12.1. The minimum atomic E-state index is -0.286. The number of hydrogen-bond acceptors (Lipinski definition) is 4. The SMILES string of the molecule is Cc1cnc(CNC(=O)Nc2ccc(C(C)N)cc2)cn1. The Labute approximate surface area is 123 Å². The predicted molar refractivity (Wildman–Crippen MR) is 81.7 cm³/mol. The smallest absolute Gasteiger partial charge is 0.319 e. The van der Waals surface area contributed by atoms with Crippen molar-refractivity contribution in [2.24, 2.45) is 5.73 Å². The van der Waals surface area contributed by atoms with Gasteiger partial charge in [-0.1, -0.05) is 12.1 Å². The van der Waals surface area contributed by atoms with Crippen LogP contribution in [0.2, 0.25) is 0 Å². The number of amides is 2. The first-order valence-corrected chi connectivity index (χ1v) is 6.72. The van der Waals surface area contributed by atoms with Crippen LogP contribution < -0.4 is 16.4 Å². The third-order valence-corrected chi connectivity index (χ3v) is 2.96. The Bertz CT molecular complexity index is 592. The Hall–Kier alpha value is -2.47. The summed E-state index contributed by atoms with van der Waals surface area (Å²) in [6.45, 7) is 4.11. The van der Waals surface area contributed by atoms with E-state index >= 15 is 0 Å². The van der Waals surface area contributed by atoms with Crippen molar-refractivity contribution in [1.29, 1.82) is 0 Å². The summed E-state index contributed by atoms with van der Waals surface area (Å²) in [5.74, 6) is 0. The second-order valence-corrected chi connectivity index (χ2v) is 4.87. The number of hydrogen-bond donors (Lipinski definition) is 3. The van der Waals surface area contributed by atoms with Gasteiger partial charge in [0.25, 0.3) is 0 Å². The van der Waals surface area contributed by atoms with Crippen molar-refractivity contribution in [3.05, 3.63) is 53.6 Å². The highest BCUT2D eigenvalue weighted by Gasteiger charge is 2.04. The molecule has 21 heavy (non-hydrogen) atoms. The number of carbonyl (C=O) groups is 1. The summed E-state index contributed by atoms with van der Waals surface area (Å²) in [7, 11) is 0. The minimum absolute atomic E-state index is 0.0204. The summed E-state index contributed by atoms with van der Waals surface area (Å²) in [6.07, 6.45) is 3.31. The largest absolute Gasteiger partial charge is 0.332 e. The number of carbonyl (C=O) groups excluding carboxylic acids is 1. The van der Waals surface area contributed by atoms with Gasteiger partial charge < -0.3 is 16.4 Å². The van der Waals surface area contributed by atoms with E-state index in [1.165, 1.54) is 0 Å². The van der Waals surface area contributed by atoms with E-state index in [1.54, 1.807) is 12.4 Å². The molecule has 1 aromatic heterocycles. The number of nitrogens with zero attached hydrogens (tertiary/aromatic N) is 2. The maximum Gasteiger partial charge on any atom is 0.319 e. The first-order chi connectivity index (χ1) is 10.0. The maximum atomic E-state index is 11.8. The van der Waals surface area contributed by atoms with Gasteiger partial charge in [0.2, 0.25) is 0 Å². The zero-order chi connectivity index (χ0) is 15.2. The Kier molecular flexibility index (Phi) is 4.84. The molecule has 2 rings (SSSR count). The molecule has 0 bridgehead atoms. The monoisotopic (exact) mass is 285 g/mol. The highest BCUT2D eigenvalue weighted by Crippen LogP contribution is 2.13. The lowest BCUT2D eigenvalue weighted by molar-refractivity contribution is 0.251. The van der Waals surface area contributed by atoms with Crippen molar-refractivity contribution >= 4 is 11.7 Å². The third kappa shape index (κ3) is 4.54. The van der Waals surface area contributed by atoms with Crippen molar-refractivity contribution in [2.75, 3.05) is 5.32 Å². The molecule has 6 nitrogen and oxygen atoms in total. The molecule has 1 atom stereocenters. The van der Waals surface area contributed by atoms with Crippen LogP contribution in [0.4, 0.5) is 10.5 Å². The lowest BCUT2D eigenvalue weighted by Crippen LogP contribution is -2.28. The average molecular weight is 285 g/mol. The maximum absolute atomic E-state index is 11.8. The molecule has 1 unspecified atom stereocenters. The van der Waals surface area contributed by atoms with Gasteiger partial charge in [0.15, 0.2) is 0 Å². The van der Waals surface area contributed by atoms with E-state index in [2.05, 4.69) is 20.6 Å². The van der Waals surface area contributed by atoms with Crippen LogP contribution in [0.3, 0.4) is 0 Å². The molecule has 4 N–H and O–H groups in total. The second kappa shape index (κ2) is 6.81. The van der Waals surface area contributed by atoms with E-state index in [0.29, 0.717) is 17.9 Å². The Morgan fingerprint density at radius 1 is 1.24 bits per heavy atom. The number of aryl methyl sites for hydroxylation is 1. The van der Waals surface area contributed by atoms with Crippen LogP contribution >= 0.6 is 0 Å². The number of benzene rings is 1. The van der Waals surface area contributed by atoms with E-state index in [4.69, 9.17) is 5.73 Å². The summed E-state index contributed by atoms with van der Waals surface area (Å²) in [4.78, 5) is 20.1. The molecule has 2 aromatic rings. The molecule has 0 aliphatic carbocycles. The van der Waals surface area contributed by atoms with Gasteiger partial charge in [-0.05, 0) is 31.5 Å². The number of urea groups is 1. The van der Waals surface area contributed by atoms with E-state index in [-0.39, 0.29) is 12.1 Å². The second-order valence-electron chi connectivity index (χ2n) is 4.87. The molecule has 6 heteroatoms. The standard InChI is InChI=1S/C15H19N5O/c1-10-7-18-14(8-17-10)9-19-15(21)20-13-5-3-12(4-6-13)11(2)16/h3-8,11H,9,16H2,1-2H3,(H2,19,20,21). The molecule has 0 spiro atoms. The highest BCUT2D eigenvalue weighted by atomic mass is 16.2. The summed E-state index contributed by atoms with van der Waals surface area (Å²) in [5, 5.41) is 5.48. The minimum Gasteiger partial charge on any atom is -0.332 e. The fourth-order valence-electron chi connectivity index (χ4n) is 1.73. The quantitative estimate of drug-likeness (QED) is 0.802. The van der Waals surface area contributed by atoms with E-state index < -0.39 is 0 Å². The van der Waals surface area contributed by atoms with Crippen LogP contribution in [0.1, 0.15) is 29.9 Å². The van der Waals surface area contributed by atoms with Crippen molar-refractivity contribution in [3.8, 4) is 0 Å². The lowest BCUT2D eigenvalue weighted by Gasteiger charge is -2.09. The van der Waals surface area contributed by atoms with Crippen molar-refractivity contribution in [1.82, 2.24) is 15.3 Å². The summed E-state index contributed by atoms with van der Waals surface area (Å²) in [5.41, 5.74) is 9.07. The van der Waals surface area contributed by atoms with E-state index in [9.17, 15) is 4.79 Å². The molecular formula is C15H19N5O. The number of anilines is 1. The van der Waals surface area contributed by atoms with Crippen LogP contribution in [-0.2, 0) is 6.54 Å². The first kappa shape index (κ1) is 14.9. The lowest BCUT2D eigenvalue weighted by atomic mass is 10.1. The molecular weight excluding hydrogens is 266 g/mol. The molecule has 1 heterocycles. The van der Waals surface area contributed by atoms with Gasteiger partial charge in [0, 0.05) is 17.9 Å². The van der Waals surface area contributed by atoms with Gasteiger partial charge in [-0.3, -0.25) is 9.97 Å². The molecule has 0 fully saturated rings. The molecule has 0 saturated heterocycles. The normalized spacial score (nSPS) is 11.8. The molecule has 0 aliphatic rings. The number of nitrogens with two attached hydrogens (primary N) is 1. The number of rotatable bonds is 4. The fraction of sp³-hybridized carbons (Fsp3) is 0.267. The number of aromatic nitrogens is 2. The van der Waals surface area contributed by atoms with Gasteiger partial charge in [-0.25, -0.2) is 4.79 Å². The Balaban J connectivity index is 1.85. The Morgan fingerprint density at radius 3 is 2.52 bits per heavy atom. The van der Waals surface area contributed by atoms with Gasteiger partial charge in [0.1, 0.15) is 0 Å². The summed E-state index contributed by atoms with van der Waals surface area (Å²) < 4.78 is 0. The third-order valence-electron chi connectivity index (χ3n) is 2.96. The van der Waals surface area contributed by atoms with Gasteiger partial charge >= 0.3 is 6.03 Å². The highest BCUT2D eigenvalue weighted by molar-refractivity contribution is 5.89. The van der Waals surface area contributed by atoms with Crippen molar-refractivity contribution in [2.45, 2.75) is 26.4 Å². The fourth-order valence-corrected chi connectivity index (χ4v) is 1.73. The summed E-state index contributed by atoms with van der Waals surface area (Å²) in [6, 6.07) is 7.13. The average Bonchev–Trinajstić information content (AvgIpc) is 2.47. The molecule has 0 aliphatic heterocycles.